The Morgan fingerprint density at radius 3 is 1.69 bits per heavy atom. The van der Waals surface area contributed by atoms with Crippen molar-refractivity contribution in [1.29, 1.82) is 0 Å². The average molecular weight is 450 g/mol. The predicted octanol–water partition coefficient (Wildman–Crippen LogP) is 8.10. The Balaban J connectivity index is 1.97. The van der Waals surface area contributed by atoms with Gasteiger partial charge in [-0.15, -0.1) is 0 Å². The Morgan fingerprint density at radius 1 is 0.750 bits per heavy atom. The number of hydrogen-bond acceptors (Lipinski definition) is 2. The van der Waals surface area contributed by atoms with E-state index in [-0.39, 0.29) is 23.9 Å². The Hall–Kier alpha value is -1.32. The minimum absolute atomic E-state index is 0.00454. The van der Waals surface area contributed by atoms with Gasteiger partial charge in [0.1, 0.15) is 0 Å². The molecule has 4 heteroatoms. The first-order valence-corrected chi connectivity index (χ1v) is 13.8. The van der Waals surface area contributed by atoms with Gasteiger partial charge in [-0.25, -0.2) is 4.79 Å². The van der Waals surface area contributed by atoms with Crippen molar-refractivity contribution < 1.29 is 14.7 Å². The highest BCUT2D eigenvalue weighted by Crippen LogP contribution is 2.18. The van der Waals surface area contributed by atoms with Gasteiger partial charge in [0.25, 0.3) is 0 Å². The van der Waals surface area contributed by atoms with Gasteiger partial charge in [0.05, 0.1) is 6.42 Å². The van der Waals surface area contributed by atoms with Gasteiger partial charge in [-0.05, 0) is 25.7 Å². The largest absolute Gasteiger partial charge is 0.478 e. The summed E-state index contributed by atoms with van der Waals surface area (Å²) >= 11 is 0. The molecule has 1 fully saturated rings. The van der Waals surface area contributed by atoms with Gasteiger partial charge < -0.3 is 10.4 Å². The molecule has 1 rings (SSSR count). The highest BCUT2D eigenvalue weighted by molar-refractivity contribution is 5.94. The molecule has 186 valence electrons. The molecule has 0 radical (unpaired) electrons. The molecular weight excluding hydrogens is 398 g/mol. The van der Waals surface area contributed by atoms with E-state index in [0.717, 1.165) is 44.9 Å². The Kier molecular flexibility index (Phi) is 18.2. The van der Waals surface area contributed by atoms with Crippen molar-refractivity contribution in [1.82, 2.24) is 5.32 Å². The molecule has 1 aliphatic rings. The fraction of sp³-hybridized carbons (Fsp3) is 0.857. The molecule has 0 atom stereocenters. The van der Waals surface area contributed by atoms with Crippen molar-refractivity contribution in [3.63, 3.8) is 0 Å². The number of unbranched alkanes of at least 4 members (excludes halogenated alkanes) is 15. The Labute approximate surface area is 198 Å². The molecule has 0 spiro atoms. The fourth-order valence-corrected chi connectivity index (χ4v) is 4.73. The molecule has 1 saturated carbocycles. The zero-order valence-corrected chi connectivity index (χ0v) is 21.0. The van der Waals surface area contributed by atoms with Gasteiger partial charge in [-0.3, -0.25) is 4.79 Å². The molecule has 1 aliphatic carbocycles. The SMILES string of the molecule is CCCCCCCCCCCCCCCCC/C=C(\CC(=O)NC1CCCCC1)C(=O)O. The average Bonchev–Trinajstić information content (AvgIpc) is 2.78. The molecule has 4 nitrogen and oxygen atoms in total. The lowest BCUT2D eigenvalue weighted by Crippen LogP contribution is -2.36. The van der Waals surface area contributed by atoms with E-state index < -0.39 is 5.97 Å². The van der Waals surface area contributed by atoms with Crippen LogP contribution in [0.15, 0.2) is 11.6 Å². The number of amides is 1. The summed E-state index contributed by atoms with van der Waals surface area (Å²) in [6.45, 7) is 2.27. The van der Waals surface area contributed by atoms with Gasteiger partial charge in [-0.2, -0.15) is 0 Å². The second-order valence-electron chi connectivity index (χ2n) is 9.85. The lowest BCUT2D eigenvalue weighted by Gasteiger charge is -2.22. The van der Waals surface area contributed by atoms with E-state index in [9.17, 15) is 14.7 Å². The van der Waals surface area contributed by atoms with Crippen LogP contribution in [0.2, 0.25) is 0 Å². The second-order valence-corrected chi connectivity index (χ2v) is 9.85. The van der Waals surface area contributed by atoms with E-state index in [4.69, 9.17) is 0 Å². The van der Waals surface area contributed by atoms with Crippen molar-refractivity contribution in [2.45, 2.75) is 154 Å². The van der Waals surface area contributed by atoms with Gasteiger partial charge >= 0.3 is 5.97 Å². The lowest BCUT2D eigenvalue weighted by molar-refractivity contribution is -0.134. The van der Waals surface area contributed by atoms with Crippen molar-refractivity contribution in [3.05, 3.63) is 11.6 Å². The topological polar surface area (TPSA) is 66.4 Å². The summed E-state index contributed by atoms with van der Waals surface area (Å²) in [5, 5.41) is 12.4. The smallest absolute Gasteiger partial charge is 0.331 e. The summed E-state index contributed by atoms with van der Waals surface area (Å²) in [7, 11) is 0. The third-order valence-electron chi connectivity index (χ3n) is 6.79. The summed E-state index contributed by atoms with van der Waals surface area (Å²) in [6, 6.07) is 0.238. The number of carboxylic acids is 1. The Bertz CT molecular complexity index is 509. The van der Waals surface area contributed by atoms with Gasteiger partial charge in [0.15, 0.2) is 0 Å². The number of hydrogen-bond donors (Lipinski definition) is 2. The van der Waals surface area contributed by atoms with Crippen LogP contribution in [0.1, 0.15) is 148 Å². The standard InChI is InChI=1S/C28H51NO3/c1-2-3-4-5-6-7-8-9-10-11-12-13-14-15-16-18-21-25(28(31)32)24-27(30)29-26-22-19-17-20-23-26/h21,26H,2-20,22-24H2,1H3,(H,29,30)(H,31,32)/b25-21+. The minimum Gasteiger partial charge on any atom is -0.478 e. The lowest BCUT2D eigenvalue weighted by atomic mass is 9.95. The van der Waals surface area contributed by atoms with Gasteiger partial charge in [-0.1, -0.05) is 122 Å². The maximum atomic E-state index is 12.2. The molecule has 2 N–H and O–H groups in total. The first-order chi connectivity index (χ1) is 15.6. The zero-order chi connectivity index (χ0) is 23.3. The van der Waals surface area contributed by atoms with Crippen LogP contribution >= 0.6 is 0 Å². The molecule has 0 aromatic rings. The van der Waals surface area contributed by atoms with Crippen LogP contribution in [0.4, 0.5) is 0 Å². The third-order valence-corrected chi connectivity index (χ3v) is 6.79. The van der Waals surface area contributed by atoms with Crippen LogP contribution in [0.5, 0.6) is 0 Å². The third kappa shape index (κ3) is 16.3. The van der Waals surface area contributed by atoms with E-state index in [0.29, 0.717) is 0 Å². The van der Waals surface area contributed by atoms with E-state index in [2.05, 4.69) is 12.2 Å². The van der Waals surface area contributed by atoms with E-state index in [1.807, 2.05) is 0 Å². The molecule has 32 heavy (non-hydrogen) atoms. The van der Waals surface area contributed by atoms with Crippen LogP contribution < -0.4 is 5.32 Å². The predicted molar refractivity (Wildman–Crippen MR) is 135 cm³/mol. The van der Waals surface area contributed by atoms with Crippen LogP contribution in [-0.4, -0.2) is 23.0 Å². The molecule has 0 aromatic heterocycles. The van der Waals surface area contributed by atoms with Crippen molar-refractivity contribution in [2.24, 2.45) is 0 Å². The summed E-state index contributed by atoms with van der Waals surface area (Å²) in [5.74, 6) is -1.09. The summed E-state index contributed by atoms with van der Waals surface area (Å²) < 4.78 is 0. The number of allylic oxidation sites excluding steroid dienone is 1. The molecule has 0 aliphatic heterocycles. The highest BCUT2D eigenvalue weighted by atomic mass is 16.4. The monoisotopic (exact) mass is 449 g/mol. The number of rotatable bonds is 20. The first kappa shape index (κ1) is 28.7. The van der Waals surface area contributed by atoms with Crippen molar-refractivity contribution >= 4 is 11.9 Å². The minimum atomic E-state index is -0.954. The molecule has 0 heterocycles. The molecular formula is C28H51NO3. The fourth-order valence-electron chi connectivity index (χ4n) is 4.73. The first-order valence-electron chi connectivity index (χ1n) is 13.8. The van der Waals surface area contributed by atoms with Crippen molar-refractivity contribution in [2.75, 3.05) is 0 Å². The van der Waals surface area contributed by atoms with E-state index >= 15 is 0 Å². The molecule has 0 saturated heterocycles. The number of carbonyl (C=O) groups is 2. The number of carbonyl (C=O) groups excluding carboxylic acids is 1. The maximum absolute atomic E-state index is 12.2. The highest BCUT2D eigenvalue weighted by Gasteiger charge is 2.18. The second kappa shape index (κ2) is 20.3. The Morgan fingerprint density at radius 2 is 1.22 bits per heavy atom. The molecule has 0 aromatic carbocycles. The van der Waals surface area contributed by atoms with Crippen LogP contribution in [0.3, 0.4) is 0 Å². The van der Waals surface area contributed by atoms with Crippen LogP contribution in [-0.2, 0) is 9.59 Å². The molecule has 0 unspecified atom stereocenters. The quantitative estimate of drug-likeness (QED) is 0.146. The normalized spacial score (nSPS) is 15.1. The summed E-state index contributed by atoms with van der Waals surface area (Å²) in [4.78, 5) is 23.7. The maximum Gasteiger partial charge on any atom is 0.331 e. The van der Waals surface area contributed by atoms with Crippen molar-refractivity contribution in [3.8, 4) is 0 Å². The zero-order valence-electron chi connectivity index (χ0n) is 21.0. The number of carboxylic acid groups (broad SMARTS) is 1. The molecule has 1 amide bonds. The number of nitrogens with one attached hydrogen (secondary N) is 1. The molecule has 0 bridgehead atoms. The van der Waals surface area contributed by atoms with Crippen LogP contribution in [0, 0.1) is 0 Å². The van der Waals surface area contributed by atoms with E-state index in [1.165, 1.54) is 89.9 Å². The van der Waals surface area contributed by atoms with Gasteiger partial charge in [0, 0.05) is 11.6 Å². The van der Waals surface area contributed by atoms with Gasteiger partial charge in [0.2, 0.25) is 5.91 Å². The summed E-state index contributed by atoms with van der Waals surface area (Å²) in [6.07, 6.45) is 28.1. The van der Waals surface area contributed by atoms with Crippen LogP contribution in [0.25, 0.3) is 0 Å². The number of aliphatic carboxylic acids is 1. The van der Waals surface area contributed by atoms with E-state index in [1.54, 1.807) is 6.08 Å². The summed E-state index contributed by atoms with van der Waals surface area (Å²) in [5.41, 5.74) is 0.253.